The van der Waals surface area contributed by atoms with Crippen molar-refractivity contribution in [1.82, 2.24) is 5.32 Å². The number of benzene rings is 1. The van der Waals surface area contributed by atoms with E-state index < -0.39 is 5.97 Å². The van der Waals surface area contributed by atoms with Crippen LogP contribution in [0.15, 0.2) is 52.0 Å². The number of rotatable bonds is 6. The van der Waals surface area contributed by atoms with Gasteiger partial charge in [0.1, 0.15) is 5.76 Å². The average Bonchev–Trinajstić information content (AvgIpc) is 2.99. The number of aromatic carboxylic acids is 1. The van der Waals surface area contributed by atoms with Gasteiger partial charge in [0.05, 0.1) is 23.6 Å². The monoisotopic (exact) mass is 305 g/mol. The van der Waals surface area contributed by atoms with E-state index in [4.69, 9.17) is 9.52 Å². The van der Waals surface area contributed by atoms with Gasteiger partial charge in [-0.15, -0.1) is 11.8 Å². The number of hydrogen-bond donors (Lipinski definition) is 2. The zero-order valence-electron chi connectivity index (χ0n) is 11.4. The van der Waals surface area contributed by atoms with Crippen LogP contribution in [0.3, 0.4) is 0 Å². The van der Waals surface area contributed by atoms with Gasteiger partial charge in [0, 0.05) is 4.90 Å². The van der Waals surface area contributed by atoms with Crippen molar-refractivity contribution in [2.24, 2.45) is 0 Å². The highest BCUT2D eigenvalue weighted by atomic mass is 32.2. The van der Waals surface area contributed by atoms with Crippen LogP contribution in [0.5, 0.6) is 0 Å². The number of carboxylic acids is 1. The number of carbonyl (C=O) groups is 2. The molecule has 0 saturated carbocycles. The summed E-state index contributed by atoms with van der Waals surface area (Å²) in [7, 11) is 0. The third-order valence-corrected chi connectivity index (χ3v) is 3.90. The Morgan fingerprint density at radius 3 is 2.71 bits per heavy atom. The summed E-state index contributed by atoms with van der Waals surface area (Å²) in [4.78, 5) is 23.5. The standard InChI is InChI=1S/C15H15NO4S/c1-10(12-6-4-8-20-12)16-14(17)9-21-13-7-3-2-5-11(13)15(18)19/h2-8,10H,9H2,1H3,(H,16,17)(H,18,19). The normalized spacial score (nSPS) is 11.9. The predicted molar refractivity (Wildman–Crippen MR) is 79.4 cm³/mol. The molecule has 1 aromatic heterocycles. The molecule has 2 aromatic rings. The van der Waals surface area contributed by atoms with Gasteiger partial charge in [0.25, 0.3) is 0 Å². The zero-order valence-corrected chi connectivity index (χ0v) is 12.2. The maximum atomic E-state index is 11.9. The predicted octanol–water partition coefficient (Wildman–Crippen LogP) is 2.95. The maximum absolute atomic E-state index is 11.9. The van der Waals surface area contributed by atoms with Crippen molar-refractivity contribution in [3.63, 3.8) is 0 Å². The minimum atomic E-state index is -0.998. The molecule has 1 heterocycles. The van der Waals surface area contributed by atoms with Crippen molar-refractivity contribution in [1.29, 1.82) is 0 Å². The zero-order chi connectivity index (χ0) is 15.2. The van der Waals surface area contributed by atoms with Crippen LogP contribution in [0.4, 0.5) is 0 Å². The Balaban J connectivity index is 1.91. The minimum absolute atomic E-state index is 0.148. The fourth-order valence-corrected chi connectivity index (χ4v) is 2.66. The van der Waals surface area contributed by atoms with Gasteiger partial charge < -0.3 is 14.8 Å². The Hall–Kier alpha value is -2.21. The first kappa shape index (κ1) is 15.2. The molecule has 110 valence electrons. The van der Waals surface area contributed by atoms with Crippen molar-refractivity contribution in [2.75, 3.05) is 5.75 Å². The second-order valence-electron chi connectivity index (χ2n) is 4.39. The maximum Gasteiger partial charge on any atom is 0.336 e. The Labute approximate surface area is 126 Å². The summed E-state index contributed by atoms with van der Waals surface area (Å²) in [5.41, 5.74) is 0.203. The van der Waals surface area contributed by atoms with Gasteiger partial charge in [-0.05, 0) is 31.2 Å². The lowest BCUT2D eigenvalue weighted by molar-refractivity contribution is -0.119. The van der Waals surface area contributed by atoms with Gasteiger partial charge in [0.15, 0.2) is 0 Å². The van der Waals surface area contributed by atoms with Crippen molar-refractivity contribution in [3.05, 3.63) is 54.0 Å². The van der Waals surface area contributed by atoms with E-state index in [9.17, 15) is 9.59 Å². The summed E-state index contributed by atoms with van der Waals surface area (Å²) in [6.45, 7) is 1.83. The number of thioether (sulfide) groups is 1. The summed E-state index contributed by atoms with van der Waals surface area (Å²) < 4.78 is 5.21. The third-order valence-electron chi connectivity index (χ3n) is 2.82. The van der Waals surface area contributed by atoms with Crippen LogP contribution in [-0.2, 0) is 4.79 Å². The van der Waals surface area contributed by atoms with Crippen LogP contribution >= 0.6 is 11.8 Å². The van der Waals surface area contributed by atoms with Crippen LogP contribution in [0.2, 0.25) is 0 Å². The van der Waals surface area contributed by atoms with E-state index in [2.05, 4.69) is 5.32 Å². The highest BCUT2D eigenvalue weighted by Gasteiger charge is 2.14. The number of furan rings is 1. The van der Waals surface area contributed by atoms with E-state index in [1.165, 1.54) is 17.8 Å². The molecule has 0 spiro atoms. The van der Waals surface area contributed by atoms with Gasteiger partial charge in [-0.1, -0.05) is 12.1 Å². The number of hydrogen-bond acceptors (Lipinski definition) is 4. The molecule has 1 unspecified atom stereocenters. The topological polar surface area (TPSA) is 79.5 Å². The summed E-state index contributed by atoms with van der Waals surface area (Å²) in [6, 6.07) is 9.95. The first-order valence-electron chi connectivity index (χ1n) is 6.36. The lowest BCUT2D eigenvalue weighted by atomic mass is 10.2. The molecule has 6 heteroatoms. The van der Waals surface area contributed by atoms with Crippen molar-refractivity contribution in [3.8, 4) is 0 Å². The van der Waals surface area contributed by atoms with E-state index in [0.29, 0.717) is 10.7 Å². The summed E-state index contributed by atoms with van der Waals surface area (Å²) >= 11 is 1.20. The number of amides is 1. The van der Waals surface area contributed by atoms with Crippen LogP contribution < -0.4 is 5.32 Å². The number of carboxylic acid groups (broad SMARTS) is 1. The first-order valence-corrected chi connectivity index (χ1v) is 7.34. The van der Waals surface area contributed by atoms with Gasteiger partial charge in [-0.3, -0.25) is 4.79 Å². The molecular formula is C15H15NO4S. The van der Waals surface area contributed by atoms with Gasteiger partial charge in [-0.25, -0.2) is 4.79 Å². The average molecular weight is 305 g/mol. The lowest BCUT2D eigenvalue weighted by Crippen LogP contribution is -2.27. The second kappa shape index (κ2) is 6.99. The Kier molecular flexibility index (Phi) is 5.05. The molecule has 21 heavy (non-hydrogen) atoms. The van der Waals surface area contributed by atoms with Crippen LogP contribution in [0, 0.1) is 0 Å². The largest absolute Gasteiger partial charge is 0.478 e. The third kappa shape index (κ3) is 4.13. The fourth-order valence-electron chi connectivity index (χ4n) is 1.80. The molecule has 1 aromatic carbocycles. The van der Waals surface area contributed by atoms with E-state index in [1.54, 1.807) is 36.6 Å². The van der Waals surface area contributed by atoms with E-state index in [-0.39, 0.29) is 23.3 Å². The lowest BCUT2D eigenvalue weighted by Gasteiger charge is -2.11. The Bertz CT molecular complexity index is 624. The quantitative estimate of drug-likeness (QED) is 0.802. The molecule has 2 N–H and O–H groups in total. The van der Waals surface area contributed by atoms with Crippen LogP contribution in [-0.4, -0.2) is 22.7 Å². The second-order valence-corrected chi connectivity index (χ2v) is 5.41. The summed E-state index contributed by atoms with van der Waals surface area (Å²) in [5, 5.41) is 11.9. The number of carbonyl (C=O) groups excluding carboxylic acids is 1. The van der Waals surface area contributed by atoms with Gasteiger partial charge >= 0.3 is 5.97 Å². The molecule has 1 amide bonds. The van der Waals surface area contributed by atoms with E-state index in [1.807, 2.05) is 6.92 Å². The fraction of sp³-hybridized carbons (Fsp3) is 0.200. The SMILES string of the molecule is CC(NC(=O)CSc1ccccc1C(=O)O)c1ccco1. The Morgan fingerprint density at radius 2 is 2.05 bits per heavy atom. The molecule has 0 aliphatic heterocycles. The van der Waals surface area contributed by atoms with Gasteiger partial charge in [-0.2, -0.15) is 0 Å². The molecule has 0 saturated heterocycles. The highest BCUT2D eigenvalue weighted by Crippen LogP contribution is 2.22. The number of nitrogens with one attached hydrogen (secondary N) is 1. The summed E-state index contributed by atoms with van der Waals surface area (Å²) in [6.07, 6.45) is 1.55. The molecule has 1 atom stereocenters. The molecule has 5 nitrogen and oxygen atoms in total. The minimum Gasteiger partial charge on any atom is -0.478 e. The molecule has 0 fully saturated rings. The molecule has 0 aliphatic rings. The molecule has 0 aliphatic carbocycles. The Morgan fingerprint density at radius 1 is 1.29 bits per heavy atom. The summed E-state index contributed by atoms with van der Waals surface area (Å²) in [5.74, 6) is -0.346. The van der Waals surface area contributed by atoms with Crippen molar-refractivity contribution < 1.29 is 19.1 Å². The molecular weight excluding hydrogens is 290 g/mol. The highest BCUT2D eigenvalue weighted by molar-refractivity contribution is 8.00. The van der Waals surface area contributed by atoms with Crippen LogP contribution in [0.1, 0.15) is 29.1 Å². The first-order chi connectivity index (χ1) is 10.1. The van der Waals surface area contributed by atoms with E-state index in [0.717, 1.165) is 0 Å². The van der Waals surface area contributed by atoms with E-state index >= 15 is 0 Å². The molecule has 2 rings (SSSR count). The molecule has 0 radical (unpaired) electrons. The van der Waals surface area contributed by atoms with Crippen molar-refractivity contribution >= 4 is 23.6 Å². The van der Waals surface area contributed by atoms with Gasteiger partial charge in [0.2, 0.25) is 5.91 Å². The smallest absolute Gasteiger partial charge is 0.336 e. The molecule has 0 bridgehead atoms. The van der Waals surface area contributed by atoms with Crippen LogP contribution in [0.25, 0.3) is 0 Å². The van der Waals surface area contributed by atoms with Crippen molar-refractivity contribution in [2.45, 2.75) is 17.9 Å².